The summed E-state index contributed by atoms with van der Waals surface area (Å²) >= 11 is 0. The lowest BCUT2D eigenvalue weighted by Gasteiger charge is -2.18. The van der Waals surface area contributed by atoms with Crippen LogP contribution in [-0.2, 0) is 6.54 Å². The van der Waals surface area contributed by atoms with Crippen molar-refractivity contribution in [1.29, 1.82) is 0 Å². The third kappa shape index (κ3) is 4.02. The van der Waals surface area contributed by atoms with Crippen LogP contribution in [-0.4, -0.2) is 36.1 Å². The molecule has 1 aromatic heterocycles. The molecule has 2 rings (SSSR count). The Morgan fingerprint density at radius 1 is 1.10 bits per heavy atom. The number of fused-ring (bicyclic) bond motifs is 1. The van der Waals surface area contributed by atoms with Gasteiger partial charge in [0.15, 0.2) is 0 Å². The highest BCUT2D eigenvalue weighted by Crippen LogP contribution is 2.14. The predicted molar refractivity (Wildman–Crippen MR) is 86.0 cm³/mol. The summed E-state index contributed by atoms with van der Waals surface area (Å²) in [6.07, 6.45) is 0. The first-order chi connectivity index (χ1) is 9.72. The van der Waals surface area contributed by atoms with Gasteiger partial charge in [-0.1, -0.05) is 26.0 Å². The Balaban J connectivity index is 1.89. The number of likely N-dealkylation sites (N-methyl/N-ethyl adjacent to an activating group) is 1. The minimum absolute atomic E-state index is 0.922. The van der Waals surface area contributed by atoms with Crippen LogP contribution in [0.3, 0.4) is 0 Å². The largest absolute Gasteiger partial charge is 0.311 e. The summed E-state index contributed by atoms with van der Waals surface area (Å²) in [4.78, 5) is 6.96. The molecule has 0 spiro atoms. The fraction of sp³-hybridized carbons (Fsp3) is 0.471. The Morgan fingerprint density at radius 2 is 1.90 bits per heavy atom. The summed E-state index contributed by atoms with van der Waals surface area (Å²) < 4.78 is 0. The van der Waals surface area contributed by atoms with Crippen LogP contribution >= 0.6 is 0 Å². The lowest BCUT2D eigenvalue weighted by atomic mass is 10.1. The van der Waals surface area contributed by atoms with Crippen molar-refractivity contribution >= 4 is 10.9 Å². The summed E-state index contributed by atoms with van der Waals surface area (Å²) in [7, 11) is 0. The zero-order valence-corrected chi connectivity index (χ0v) is 12.8. The van der Waals surface area contributed by atoms with Gasteiger partial charge in [0.25, 0.3) is 0 Å². The van der Waals surface area contributed by atoms with Crippen molar-refractivity contribution in [3.05, 3.63) is 41.6 Å². The van der Waals surface area contributed by atoms with Crippen molar-refractivity contribution < 1.29 is 0 Å². The van der Waals surface area contributed by atoms with Gasteiger partial charge in [-0.15, -0.1) is 0 Å². The van der Waals surface area contributed by atoms with Gasteiger partial charge in [-0.25, -0.2) is 0 Å². The van der Waals surface area contributed by atoms with Gasteiger partial charge in [0, 0.05) is 30.7 Å². The van der Waals surface area contributed by atoms with E-state index >= 15 is 0 Å². The molecule has 1 N–H and O–H groups in total. The van der Waals surface area contributed by atoms with E-state index in [1.54, 1.807) is 0 Å². The molecule has 0 amide bonds. The lowest BCUT2D eigenvalue weighted by molar-refractivity contribution is 0.302. The van der Waals surface area contributed by atoms with Crippen LogP contribution < -0.4 is 5.32 Å². The number of pyridine rings is 1. The first kappa shape index (κ1) is 14.9. The molecule has 20 heavy (non-hydrogen) atoms. The lowest BCUT2D eigenvalue weighted by Crippen LogP contribution is -2.31. The second kappa shape index (κ2) is 7.36. The van der Waals surface area contributed by atoms with Crippen LogP contribution in [0.4, 0.5) is 0 Å². The van der Waals surface area contributed by atoms with Crippen molar-refractivity contribution in [2.24, 2.45) is 0 Å². The van der Waals surface area contributed by atoms with Gasteiger partial charge >= 0.3 is 0 Å². The van der Waals surface area contributed by atoms with Crippen molar-refractivity contribution in [3.63, 3.8) is 0 Å². The fourth-order valence-electron chi connectivity index (χ4n) is 2.40. The number of aromatic nitrogens is 1. The average molecular weight is 271 g/mol. The number of hydrogen-bond acceptors (Lipinski definition) is 3. The highest BCUT2D eigenvalue weighted by molar-refractivity contribution is 5.79. The quantitative estimate of drug-likeness (QED) is 0.785. The molecule has 0 unspecified atom stereocenters. The zero-order valence-electron chi connectivity index (χ0n) is 12.8. The van der Waals surface area contributed by atoms with E-state index in [1.165, 1.54) is 10.9 Å². The van der Waals surface area contributed by atoms with E-state index < -0.39 is 0 Å². The molecule has 0 aliphatic rings. The first-order valence-corrected chi connectivity index (χ1v) is 7.52. The fourth-order valence-corrected chi connectivity index (χ4v) is 2.40. The SMILES string of the molecule is CCN(CC)CCNCc1ccc2nc(C)ccc2c1. The minimum atomic E-state index is 0.922. The van der Waals surface area contributed by atoms with E-state index in [-0.39, 0.29) is 0 Å². The molecule has 1 heterocycles. The molecule has 0 saturated heterocycles. The van der Waals surface area contributed by atoms with Gasteiger partial charge < -0.3 is 10.2 Å². The average Bonchev–Trinajstić information content (AvgIpc) is 2.47. The Bertz CT molecular complexity index is 547. The number of aryl methyl sites for hydroxylation is 1. The molecule has 2 aromatic rings. The molecular formula is C17H25N3. The number of nitrogens with one attached hydrogen (secondary N) is 1. The summed E-state index contributed by atoms with van der Waals surface area (Å²) in [6, 6.07) is 10.7. The molecule has 0 atom stereocenters. The number of nitrogens with zero attached hydrogens (tertiary/aromatic N) is 2. The Morgan fingerprint density at radius 3 is 2.65 bits per heavy atom. The van der Waals surface area contributed by atoms with Crippen molar-refractivity contribution in [2.45, 2.75) is 27.3 Å². The summed E-state index contributed by atoms with van der Waals surface area (Å²) in [5.41, 5.74) is 3.47. The molecule has 0 bridgehead atoms. The molecule has 0 saturated carbocycles. The van der Waals surface area contributed by atoms with E-state index in [1.807, 2.05) is 6.92 Å². The summed E-state index contributed by atoms with van der Waals surface area (Å²) in [5.74, 6) is 0. The van der Waals surface area contributed by atoms with Gasteiger partial charge in [0.2, 0.25) is 0 Å². The van der Waals surface area contributed by atoms with E-state index in [0.717, 1.165) is 43.9 Å². The number of rotatable bonds is 7. The second-order valence-corrected chi connectivity index (χ2v) is 5.18. The van der Waals surface area contributed by atoms with Crippen molar-refractivity contribution in [2.75, 3.05) is 26.2 Å². The topological polar surface area (TPSA) is 28.2 Å². The normalized spacial score (nSPS) is 11.4. The summed E-state index contributed by atoms with van der Waals surface area (Å²) in [6.45, 7) is 11.8. The molecule has 0 radical (unpaired) electrons. The van der Waals surface area contributed by atoms with Crippen LogP contribution in [0.5, 0.6) is 0 Å². The first-order valence-electron chi connectivity index (χ1n) is 7.52. The highest BCUT2D eigenvalue weighted by Gasteiger charge is 2.00. The molecule has 0 fully saturated rings. The van der Waals surface area contributed by atoms with Gasteiger partial charge in [0.05, 0.1) is 5.52 Å². The molecule has 3 heteroatoms. The van der Waals surface area contributed by atoms with E-state index in [9.17, 15) is 0 Å². The number of benzene rings is 1. The maximum absolute atomic E-state index is 4.53. The minimum Gasteiger partial charge on any atom is -0.311 e. The second-order valence-electron chi connectivity index (χ2n) is 5.18. The monoisotopic (exact) mass is 271 g/mol. The highest BCUT2D eigenvalue weighted by atomic mass is 15.1. The van der Waals surface area contributed by atoms with E-state index in [2.05, 4.69) is 59.4 Å². The van der Waals surface area contributed by atoms with Crippen LogP contribution in [0.25, 0.3) is 10.9 Å². The third-order valence-corrected chi connectivity index (χ3v) is 3.72. The zero-order chi connectivity index (χ0) is 14.4. The summed E-state index contributed by atoms with van der Waals surface area (Å²) in [5, 5.41) is 4.74. The van der Waals surface area contributed by atoms with Gasteiger partial charge in [-0.3, -0.25) is 4.98 Å². The number of hydrogen-bond donors (Lipinski definition) is 1. The molecule has 0 aliphatic heterocycles. The molecular weight excluding hydrogens is 246 g/mol. The third-order valence-electron chi connectivity index (χ3n) is 3.72. The molecule has 108 valence electrons. The predicted octanol–water partition coefficient (Wildman–Crippen LogP) is 2.97. The van der Waals surface area contributed by atoms with Gasteiger partial charge in [-0.2, -0.15) is 0 Å². The van der Waals surface area contributed by atoms with E-state index in [0.29, 0.717) is 0 Å². The van der Waals surface area contributed by atoms with Crippen LogP contribution in [0.15, 0.2) is 30.3 Å². The Hall–Kier alpha value is -1.45. The smallest absolute Gasteiger partial charge is 0.0705 e. The van der Waals surface area contributed by atoms with Crippen LogP contribution in [0, 0.1) is 6.92 Å². The molecule has 3 nitrogen and oxygen atoms in total. The van der Waals surface area contributed by atoms with Gasteiger partial charge in [-0.05, 0) is 43.8 Å². The maximum atomic E-state index is 4.53. The van der Waals surface area contributed by atoms with Crippen molar-refractivity contribution in [1.82, 2.24) is 15.2 Å². The molecule has 1 aromatic carbocycles. The molecule has 0 aliphatic carbocycles. The Labute approximate surface area is 122 Å². The standard InChI is InChI=1S/C17H25N3/c1-4-20(5-2)11-10-18-13-15-7-9-17-16(12-15)8-6-14(3)19-17/h6-9,12,18H,4-5,10-11,13H2,1-3H3. The van der Waals surface area contributed by atoms with Crippen molar-refractivity contribution in [3.8, 4) is 0 Å². The van der Waals surface area contributed by atoms with Gasteiger partial charge in [0.1, 0.15) is 0 Å². The van der Waals surface area contributed by atoms with Crippen LogP contribution in [0.1, 0.15) is 25.1 Å². The van der Waals surface area contributed by atoms with Crippen LogP contribution in [0.2, 0.25) is 0 Å². The maximum Gasteiger partial charge on any atom is 0.0705 e. The van der Waals surface area contributed by atoms with E-state index in [4.69, 9.17) is 0 Å². The Kier molecular flexibility index (Phi) is 5.50.